The van der Waals surface area contributed by atoms with Gasteiger partial charge < -0.3 is 19.5 Å². The van der Waals surface area contributed by atoms with E-state index < -0.39 is 0 Å². The molecule has 18 heavy (non-hydrogen) atoms. The summed E-state index contributed by atoms with van der Waals surface area (Å²) >= 11 is 0. The van der Waals surface area contributed by atoms with Crippen LogP contribution in [0.3, 0.4) is 0 Å². The number of aromatic nitrogens is 1. The second-order valence-corrected chi connectivity index (χ2v) is 4.28. The zero-order chi connectivity index (χ0) is 13.2. The summed E-state index contributed by atoms with van der Waals surface area (Å²) in [5.74, 6) is 0. The number of hydrogen-bond acceptors (Lipinski definition) is 4. The van der Waals surface area contributed by atoms with E-state index in [9.17, 15) is 4.79 Å². The minimum Gasteiger partial charge on any atom is -0.383 e. The van der Waals surface area contributed by atoms with E-state index in [0.29, 0.717) is 0 Å². The molecule has 0 unspecified atom stereocenters. The zero-order valence-corrected chi connectivity index (χ0v) is 11.3. The van der Waals surface area contributed by atoms with Crippen molar-refractivity contribution in [3.63, 3.8) is 0 Å². The highest BCUT2D eigenvalue weighted by Crippen LogP contribution is 1.86. The molecule has 102 valence electrons. The van der Waals surface area contributed by atoms with Gasteiger partial charge in [0.1, 0.15) is 0 Å². The molecule has 1 heterocycles. The quantitative estimate of drug-likeness (QED) is 0.630. The first-order valence-corrected chi connectivity index (χ1v) is 6.27. The molecule has 0 aliphatic heterocycles. The summed E-state index contributed by atoms with van der Waals surface area (Å²) in [6.07, 6.45) is 1.83. The van der Waals surface area contributed by atoms with E-state index in [-0.39, 0.29) is 5.56 Å². The van der Waals surface area contributed by atoms with E-state index in [1.807, 2.05) is 12.3 Å². The van der Waals surface area contributed by atoms with E-state index in [1.165, 1.54) is 0 Å². The number of ether oxygens (including phenoxy) is 1. The standard InChI is InChI=1S/C13H23N3O2/c1-15(9-6-14-7-12-18-2)10-11-16-8-4-3-5-13(16)17/h3-5,8,14H,6-7,9-12H2,1-2H3. The number of pyridine rings is 1. The van der Waals surface area contributed by atoms with Crippen molar-refractivity contribution >= 4 is 0 Å². The maximum Gasteiger partial charge on any atom is 0.250 e. The first kappa shape index (κ1) is 14.9. The fraction of sp³-hybridized carbons (Fsp3) is 0.615. The molecular formula is C13H23N3O2. The molecule has 0 aliphatic carbocycles. The van der Waals surface area contributed by atoms with Crippen LogP contribution in [0.2, 0.25) is 0 Å². The molecule has 0 fully saturated rings. The molecule has 0 bridgehead atoms. The third kappa shape index (κ3) is 5.95. The average molecular weight is 253 g/mol. The Morgan fingerprint density at radius 3 is 2.89 bits per heavy atom. The van der Waals surface area contributed by atoms with Crippen molar-refractivity contribution in [3.05, 3.63) is 34.7 Å². The van der Waals surface area contributed by atoms with E-state index in [1.54, 1.807) is 23.8 Å². The molecule has 0 saturated carbocycles. The Morgan fingerprint density at radius 1 is 1.33 bits per heavy atom. The van der Waals surface area contributed by atoms with Crippen molar-refractivity contribution in [1.82, 2.24) is 14.8 Å². The molecule has 0 atom stereocenters. The Hall–Kier alpha value is -1.17. The number of nitrogens with zero attached hydrogens (tertiary/aromatic N) is 2. The minimum absolute atomic E-state index is 0.0594. The molecule has 0 saturated heterocycles. The fourth-order valence-electron chi connectivity index (χ4n) is 1.60. The molecule has 0 aromatic carbocycles. The Balaban J connectivity index is 2.15. The van der Waals surface area contributed by atoms with Gasteiger partial charge in [-0.15, -0.1) is 0 Å². The van der Waals surface area contributed by atoms with E-state index >= 15 is 0 Å². The molecule has 0 amide bonds. The highest BCUT2D eigenvalue weighted by Gasteiger charge is 1.99. The normalized spacial score (nSPS) is 11.1. The maximum absolute atomic E-state index is 11.5. The van der Waals surface area contributed by atoms with Crippen LogP contribution in [0.15, 0.2) is 29.2 Å². The van der Waals surface area contributed by atoms with Gasteiger partial charge in [0.2, 0.25) is 0 Å². The third-order valence-electron chi connectivity index (χ3n) is 2.77. The van der Waals surface area contributed by atoms with Crippen LogP contribution in [0.25, 0.3) is 0 Å². The lowest BCUT2D eigenvalue weighted by Crippen LogP contribution is -2.34. The summed E-state index contributed by atoms with van der Waals surface area (Å²) in [7, 11) is 3.76. The third-order valence-corrected chi connectivity index (χ3v) is 2.77. The van der Waals surface area contributed by atoms with E-state index in [4.69, 9.17) is 4.74 Å². The molecule has 0 aliphatic rings. The lowest BCUT2D eigenvalue weighted by molar-refractivity contribution is 0.197. The van der Waals surface area contributed by atoms with Crippen LogP contribution in [-0.2, 0) is 11.3 Å². The SMILES string of the molecule is COCCNCCN(C)CCn1ccccc1=O. The van der Waals surface area contributed by atoms with Gasteiger partial charge in [-0.2, -0.15) is 0 Å². The maximum atomic E-state index is 11.5. The average Bonchev–Trinajstić information content (AvgIpc) is 2.37. The molecule has 5 nitrogen and oxygen atoms in total. The minimum atomic E-state index is 0.0594. The number of nitrogens with one attached hydrogen (secondary N) is 1. The first-order valence-electron chi connectivity index (χ1n) is 6.27. The van der Waals surface area contributed by atoms with Crippen LogP contribution in [-0.4, -0.2) is 56.4 Å². The van der Waals surface area contributed by atoms with Gasteiger partial charge in [0.05, 0.1) is 6.61 Å². The predicted molar refractivity (Wildman–Crippen MR) is 72.9 cm³/mol. The fourth-order valence-corrected chi connectivity index (χ4v) is 1.60. The van der Waals surface area contributed by atoms with Crippen molar-refractivity contribution < 1.29 is 4.74 Å². The molecule has 1 aromatic rings. The predicted octanol–water partition coefficient (Wildman–Crippen LogP) is 0.0161. The lowest BCUT2D eigenvalue weighted by atomic mass is 10.4. The Morgan fingerprint density at radius 2 is 2.17 bits per heavy atom. The first-order chi connectivity index (χ1) is 8.74. The van der Waals surface area contributed by atoms with Gasteiger partial charge in [0.15, 0.2) is 0 Å². The van der Waals surface area contributed by atoms with Gasteiger partial charge in [-0.25, -0.2) is 0 Å². The second-order valence-electron chi connectivity index (χ2n) is 4.28. The molecule has 1 N–H and O–H groups in total. The van der Waals surface area contributed by atoms with Gasteiger partial charge in [-0.3, -0.25) is 4.79 Å². The highest BCUT2D eigenvalue weighted by molar-refractivity contribution is 4.93. The number of methoxy groups -OCH3 is 1. The van der Waals surface area contributed by atoms with E-state index in [0.717, 1.165) is 39.3 Å². The number of hydrogen-bond donors (Lipinski definition) is 1. The van der Waals surface area contributed by atoms with Crippen LogP contribution >= 0.6 is 0 Å². The Kier molecular flexibility index (Phi) is 7.32. The zero-order valence-electron chi connectivity index (χ0n) is 11.3. The molecule has 0 spiro atoms. The summed E-state index contributed by atoms with van der Waals surface area (Å²) in [6.45, 7) is 5.12. The van der Waals surface area contributed by atoms with Crippen LogP contribution in [0.1, 0.15) is 0 Å². The summed E-state index contributed by atoms with van der Waals surface area (Å²) in [5.41, 5.74) is 0.0594. The van der Waals surface area contributed by atoms with Crippen LogP contribution in [0.4, 0.5) is 0 Å². The summed E-state index contributed by atoms with van der Waals surface area (Å²) < 4.78 is 6.68. The number of likely N-dealkylation sites (N-methyl/N-ethyl adjacent to an activating group) is 1. The summed E-state index contributed by atoms with van der Waals surface area (Å²) in [6, 6.07) is 5.24. The monoisotopic (exact) mass is 253 g/mol. The number of rotatable bonds is 9. The van der Waals surface area contributed by atoms with Gasteiger partial charge in [-0.05, 0) is 13.1 Å². The van der Waals surface area contributed by atoms with Gasteiger partial charge in [0, 0.05) is 52.1 Å². The van der Waals surface area contributed by atoms with E-state index in [2.05, 4.69) is 17.3 Å². The molecular weight excluding hydrogens is 230 g/mol. The second kappa shape index (κ2) is 8.85. The molecule has 5 heteroatoms. The molecule has 1 rings (SSSR count). The van der Waals surface area contributed by atoms with Crippen molar-refractivity contribution in [2.45, 2.75) is 6.54 Å². The molecule has 1 aromatic heterocycles. The van der Waals surface area contributed by atoms with Crippen molar-refractivity contribution in [2.24, 2.45) is 0 Å². The molecule has 0 radical (unpaired) electrons. The smallest absolute Gasteiger partial charge is 0.250 e. The van der Waals surface area contributed by atoms with Crippen LogP contribution in [0, 0.1) is 0 Å². The van der Waals surface area contributed by atoms with Crippen molar-refractivity contribution in [1.29, 1.82) is 0 Å². The largest absolute Gasteiger partial charge is 0.383 e. The Labute approximate surface area is 108 Å². The summed E-state index contributed by atoms with van der Waals surface area (Å²) in [5, 5.41) is 3.29. The Bertz CT molecular complexity index is 378. The van der Waals surface area contributed by atoms with Crippen LogP contribution in [0.5, 0.6) is 0 Å². The van der Waals surface area contributed by atoms with Gasteiger partial charge in [-0.1, -0.05) is 6.07 Å². The topological polar surface area (TPSA) is 46.5 Å². The lowest BCUT2D eigenvalue weighted by Gasteiger charge is -2.17. The van der Waals surface area contributed by atoms with Gasteiger partial charge >= 0.3 is 0 Å². The summed E-state index contributed by atoms with van der Waals surface area (Å²) in [4.78, 5) is 13.7. The van der Waals surface area contributed by atoms with Gasteiger partial charge in [0.25, 0.3) is 5.56 Å². The highest BCUT2D eigenvalue weighted by atomic mass is 16.5. The van der Waals surface area contributed by atoms with Crippen LogP contribution < -0.4 is 10.9 Å². The van der Waals surface area contributed by atoms with Crippen molar-refractivity contribution in [3.8, 4) is 0 Å². The van der Waals surface area contributed by atoms with Crippen molar-refractivity contribution in [2.75, 3.05) is 46.9 Å².